The van der Waals surface area contributed by atoms with Crippen LogP contribution in [0, 0.1) is 11.5 Å². The third-order valence-corrected chi connectivity index (χ3v) is 6.13. The van der Waals surface area contributed by atoms with E-state index in [9.17, 15) is 9.59 Å². The number of carbonyl (C=O) groups excluding carboxylic acids is 2. The maximum absolute atomic E-state index is 12.2. The molecule has 2 rings (SSSR count). The molecule has 11 nitrogen and oxygen atoms in total. The molecule has 12 heteroatoms. The van der Waals surface area contributed by atoms with Crippen molar-refractivity contribution in [1.82, 2.24) is 5.06 Å². The highest BCUT2D eigenvalue weighted by Gasteiger charge is 2.16. The van der Waals surface area contributed by atoms with Gasteiger partial charge in [-0.05, 0) is 70.7 Å². The summed E-state index contributed by atoms with van der Waals surface area (Å²) in [6.07, 6.45) is 11.1. The first-order valence-electron chi connectivity index (χ1n) is 14.1. The van der Waals surface area contributed by atoms with E-state index in [-0.39, 0.29) is 25.1 Å². The van der Waals surface area contributed by atoms with Crippen molar-refractivity contribution in [2.24, 2.45) is 10.7 Å². The van der Waals surface area contributed by atoms with Gasteiger partial charge in [0.1, 0.15) is 5.75 Å². The molecule has 42 heavy (non-hydrogen) atoms. The molecule has 0 unspecified atom stereocenters. The zero-order valence-corrected chi connectivity index (χ0v) is 25.5. The molecule has 0 aliphatic heterocycles. The van der Waals surface area contributed by atoms with Crippen LogP contribution in [0.5, 0.6) is 5.75 Å². The summed E-state index contributed by atoms with van der Waals surface area (Å²) in [6.45, 7) is 7.27. The molecule has 228 valence electrons. The number of guanidine groups is 1. The molecule has 1 heterocycles. The summed E-state index contributed by atoms with van der Waals surface area (Å²) in [5.74, 6) is 0.590. The number of nitriles is 1. The lowest BCUT2D eigenvalue weighted by molar-refractivity contribution is -0.727. The highest BCUT2D eigenvalue weighted by Crippen LogP contribution is 2.17. The van der Waals surface area contributed by atoms with E-state index in [4.69, 9.17) is 36.9 Å². The Morgan fingerprint density at radius 2 is 1.71 bits per heavy atom. The predicted octanol–water partition coefficient (Wildman–Crippen LogP) is 4.73. The van der Waals surface area contributed by atoms with Gasteiger partial charge >= 0.3 is 5.97 Å². The Morgan fingerprint density at radius 1 is 1.05 bits per heavy atom. The monoisotopic (exact) mass is 601 g/mol. The molecule has 2 N–H and O–H groups in total. The minimum Gasteiger partial charge on any atom is -0.494 e. The van der Waals surface area contributed by atoms with Gasteiger partial charge in [0, 0.05) is 36.7 Å². The van der Waals surface area contributed by atoms with Gasteiger partial charge in [0.15, 0.2) is 12.4 Å². The quantitative estimate of drug-likeness (QED) is 0.0379. The standard InChI is InChI=1S/C30H42ClN6O5/c1-30(2,3)42-36(23-38)17-8-6-10-28(39)41-24-35-19-15-26(16-20-35)37(29(33)34-22-32)18-7-4-5-9-21-40-27-13-11-25(31)12-14-27/h11-16,19-20,23H,4-10,17-18,21,24H2,1-3H3,(H2,33,34)/q+1. The molecule has 0 radical (unpaired) electrons. The molecule has 0 saturated carbocycles. The van der Waals surface area contributed by atoms with Gasteiger partial charge in [0.2, 0.25) is 18.6 Å². The van der Waals surface area contributed by atoms with Crippen LogP contribution in [0.25, 0.3) is 0 Å². The smallest absolute Gasteiger partial charge is 0.310 e. The fourth-order valence-corrected chi connectivity index (χ4v) is 4.00. The van der Waals surface area contributed by atoms with E-state index >= 15 is 0 Å². The Kier molecular flexibility index (Phi) is 15.1. The number of benzene rings is 1. The number of carbonyl (C=O) groups is 2. The lowest BCUT2D eigenvalue weighted by Crippen LogP contribution is -2.40. The molecule has 0 bridgehead atoms. The molecular weight excluding hydrogens is 560 g/mol. The third kappa shape index (κ3) is 14.1. The second kappa shape index (κ2) is 18.5. The SMILES string of the molecule is CC(C)(C)ON(C=O)CCCCC(=O)OC[n+]1ccc(N(CCCCCCOc2ccc(Cl)cc2)C(N)=NC#N)cc1. The number of ether oxygens (including phenoxy) is 2. The number of hydroxylamine groups is 2. The Morgan fingerprint density at radius 3 is 2.36 bits per heavy atom. The maximum atomic E-state index is 12.2. The number of rotatable bonds is 18. The number of amides is 1. The molecule has 1 amide bonds. The molecule has 0 aliphatic carbocycles. The van der Waals surface area contributed by atoms with Gasteiger partial charge in [0.05, 0.1) is 17.9 Å². The number of halogens is 1. The lowest BCUT2D eigenvalue weighted by atomic mass is 10.2. The number of anilines is 1. The molecule has 0 aliphatic rings. The van der Waals surface area contributed by atoms with Gasteiger partial charge in [-0.15, -0.1) is 4.99 Å². The summed E-state index contributed by atoms with van der Waals surface area (Å²) < 4.78 is 12.8. The Balaban J connectivity index is 1.73. The van der Waals surface area contributed by atoms with Crippen LogP contribution in [0.15, 0.2) is 53.8 Å². The highest BCUT2D eigenvalue weighted by atomic mass is 35.5. The van der Waals surface area contributed by atoms with Crippen molar-refractivity contribution in [3.63, 3.8) is 0 Å². The number of aliphatic imine (C=N–C) groups is 1. The average Bonchev–Trinajstić information content (AvgIpc) is 2.96. The molecule has 1 aromatic carbocycles. The van der Waals surface area contributed by atoms with E-state index in [1.807, 2.05) is 45.0 Å². The largest absolute Gasteiger partial charge is 0.494 e. The molecule has 0 saturated heterocycles. The van der Waals surface area contributed by atoms with E-state index in [1.54, 1.807) is 40.2 Å². The number of esters is 1. The lowest BCUT2D eigenvalue weighted by Gasteiger charge is -2.26. The Bertz CT molecular complexity index is 1160. The minimum absolute atomic E-state index is 0.0621. The Labute approximate surface area is 253 Å². The van der Waals surface area contributed by atoms with Gasteiger partial charge < -0.3 is 20.1 Å². The number of unbranched alkanes of at least 4 members (excludes halogenated alkanes) is 4. The fraction of sp³-hybridized carbons (Fsp3) is 0.500. The van der Waals surface area contributed by atoms with Crippen molar-refractivity contribution in [2.45, 2.75) is 78.0 Å². The second-order valence-electron chi connectivity index (χ2n) is 10.6. The number of aromatic nitrogens is 1. The molecule has 2 aromatic rings. The van der Waals surface area contributed by atoms with E-state index in [0.717, 1.165) is 37.1 Å². The maximum Gasteiger partial charge on any atom is 0.310 e. The van der Waals surface area contributed by atoms with Gasteiger partial charge in [-0.1, -0.05) is 24.4 Å². The predicted molar refractivity (Wildman–Crippen MR) is 160 cm³/mol. The summed E-state index contributed by atoms with van der Waals surface area (Å²) >= 11 is 5.89. The van der Waals surface area contributed by atoms with Crippen LogP contribution < -0.4 is 19.9 Å². The van der Waals surface area contributed by atoms with Crippen LogP contribution in [0.3, 0.4) is 0 Å². The normalized spacial score (nSPS) is 11.5. The topological polar surface area (TPSA) is 134 Å². The molecule has 1 aromatic heterocycles. The highest BCUT2D eigenvalue weighted by molar-refractivity contribution is 6.30. The average molecular weight is 602 g/mol. The molecular formula is C30H42ClN6O5+. The molecule has 0 atom stereocenters. The van der Waals surface area contributed by atoms with Crippen molar-refractivity contribution in [2.75, 3.05) is 24.6 Å². The third-order valence-electron chi connectivity index (χ3n) is 5.88. The Hall–Kier alpha value is -3.88. The van der Waals surface area contributed by atoms with Gasteiger partial charge in [0.25, 0.3) is 6.73 Å². The van der Waals surface area contributed by atoms with Crippen LogP contribution in [-0.4, -0.2) is 48.7 Å². The molecule has 0 fully saturated rings. The number of pyridine rings is 1. The summed E-state index contributed by atoms with van der Waals surface area (Å²) in [4.78, 5) is 34.3. The van der Waals surface area contributed by atoms with Crippen LogP contribution in [0.4, 0.5) is 5.69 Å². The van der Waals surface area contributed by atoms with Crippen molar-refractivity contribution in [1.29, 1.82) is 5.26 Å². The van der Waals surface area contributed by atoms with Crippen LogP contribution in [0.2, 0.25) is 5.02 Å². The van der Waals surface area contributed by atoms with E-state index < -0.39 is 5.60 Å². The van der Waals surface area contributed by atoms with Gasteiger partial charge in [-0.25, -0.2) is 5.06 Å². The summed E-state index contributed by atoms with van der Waals surface area (Å²) in [6, 6.07) is 11.0. The first-order chi connectivity index (χ1) is 20.1. The van der Waals surface area contributed by atoms with Gasteiger partial charge in [-0.2, -0.15) is 9.83 Å². The molecule has 0 spiro atoms. The van der Waals surface area contributed by atoms with Crippen LogP contribution in [-0.2, 0) is 25.9 Å². The van der Waals surface area contributed by atoms with Crippen molar-refractivity contribution in [3.05, 3.63) is 53.8 Å². The van der Waals surface area contributed by atoms with Crippen molar-refractivity contribution < 1.29 is 28.5 Å². The van der Waals surface area contributed by atoms with E-state index in [2.05, 4.69) is 4.99 Å². The van der Waals surface area contributed by atoms with Crippen molar-refractivity contribution >= 4 is 35.6 Å². The number of nitrogens with zero attached hydrogens (tertiary/aromatic N) is 5. The summed E-state index contributed by atoms with van der Waals surface area (Å²) in [5, 5.41) is 10.9. The summed E-state index contributed by atoms with van der Waals surface area (Å²) in [5.41, 5.74) is 6.38. The minimum atomic E-state index is -0.465. The number of hydrogen-bond donors (Lipinski definition) is 1. The number of hydrogen-bond acceptors (Lipinski definition) is 7. The van der Waals surface area contributed by atoms with Gasteiger partial charge in [-0.3, -0.25) is 14.4 Å². The number of nitrogens with two attached hydrogens (primary N) is 1. The second-order valence-corrected chi connectivity index (χ2v) is 11.0. The zero-order chi connectivity index (χ0) is 30.8. The van der Waals surface area contributed by atoms with Crippen molar-refractivity contribution in [3.8, 4) is 11.9 Å². The first-order valence-corrected chi connectivity index (χ1v) is 14.4. The van der Waals surface area contributed by atoms with E-state index in [0.29, 0.717) is 44.0 Å². The van der Waals surface area contributed by atoms with E-state index in [1.165, 1.54) is 5.06 Å². The zero-order valence-electron chi connectivity index (χ0n) is 24.7. The van der Waals surface area contributed by atoms with Crippen LogP contribution in [0.1, 0.15) is 65.7 Å². The summed E-state index contributed by atoms with van der Waals surface area (Å²) in [7, 11) is 0. The fourth-order valence-electron chi connectivity index (χ4n) is 3.88. The van der Waals surface area contributed by atoms with Crippen LogP contribution >= 0.6 is 11.6 Å². The first kappa shape index (κ1) is 34.3.